The molecule has 2 nitrogen and oxygen atoms in total. The Balaban J connectivity index is 2.25. The largest absolute Gasteiger partial charge is 0.321 e. The highest BCUT2D eigenvalue weighted by atomic mass is 127. The lowest BCUT2D eigenvalue weighted by Crippen LogP contribution is -2.13. The van der Waals surface area contributed by atoms with Crippen molar-refractivity contribution in [3.05, 3.63) is 61.1 Å². The van der Waals surface area contributed by atoms with E-state index in [1.165, 1.54) is 0 Å². The molecule has 0 atom stereocenters. The summed E-state index contributed by atoms with van der Waals surface area (Å²) in [6.07, 6.45) is 0. The zero-order valence-electron chi connectivity index (χ0n) is 9.08. The van der Waals surface area contributed by atoms with Crippen LogP contribution in [0.25, 0.3) is 0 Å². The molecule has 0 spiro atoms. The van der Waals surface area contributed by atoms with E-state index in [1.54, 1.807) is 18.2 Å². The Kier molecular flexibility index (Phi) is 4.64. The molecule has 0 aliphatic carbocycles. The fraction of sp³-hybridized carbons (Fsp3) is 0. The van der Waals surface area contributed by atoms with Gasteiger partial charge in [-0.05, 0) is 52.9 Å². The third kappa shape index (κ3) is 3.24. The number of amides is 1. The molecule has 1 amide bonds. The molecule has 0 heterocycles. The maximum atomic E-state index is 12.1. The van der Waals surface area contributed by atoms with E-state index >= 15 is 0 Å². The second-order valence-corrected chi connectivity index (χ2v) is 6.04. The van der Waals surface area contributed by atoms with Gasteiger partial charge in [0, 0.05) is 8.04 Å². The van der Waals surface area contributed by atoms with E-state index in [1.807, 2.05) is 24.3 Å². The number of nitrogens with one attached hydrogen (secondary N) is 1. The van der Waals surface area contributed by atoms with Crippen LogP contribution in [-0.2, 0) is 0 Å². The predicted molar refractivity (Wildman–Crippen MR) is 86.3 cm³/mol. The van der Waals surface area contributed by atoms with Gasteiger partial charge in [-0.1, -0.05) is 39.7 Å². The van der Waals surface area contributed by atoms with Crippen molar-refractivity contribution in [3.8, 4) is 0 Å². The van der Waals surface area contributed by atoms with E-state index in [0.717, 1.165) is 13.7 Å². The molecule has 0 saturated heterocycles. The van der Waals surface area contributed by atoms with Gasteiger partial charge in [0.2, 0.25) is 0 Å². The molecule has 0 aliphatic rings. The molecule has 2 aromatic carbocycles. The maximum Gasteiger partial charge on any atom is 0.257 e. The standard InChI is InChI=1S/C13H8BrClINO/c14-8-5-6-9(10(15)7-8)13(18)17-12-4-2-1-3-11(12)16/h1-7H,(H,17,18). The Labute approximate surface area is 132 Å². The summed E-state index contributed by atoms with van der Waals surface area (Å²) in [7, 11) is 0. The summed E-state index contributed by atoms with van der Waals surface area (Å²) in [6, 6.07) is 12.8. The second kappa shape index (κ2) is 6.04. The zero-order chi connectivity index (χ0) is 13.1. The average Bonchev–Trinajstić information content (AvgIpc) is 2.32. The second-order valence-electron chi connectivity index (χ2n) is 3.56. The van der Waals surface area contributed by atoms with Gasteiger partial charge in [-0.2, -0.15) is 0 Å². The van der Waals surface area contributed by atoms with Crippen LogP contribution in [0.2, 0.25) is 5.02 Å². The molecule has 2 rings (SSSR count). The van der Waals surface area contributed by atoms with Crippen LogP contribution in [0, 0.1) is 3.57 Å². The number of benzene rings is 2. The highest BCUT2D eigenvalue weighted by Gasteiger charge is 2.11. The summed E-state index contributed by atoms with van der Waals surface area (Å²) in [6.45, 7) is 0. The molecule has 92 valence electrons. The fourth-order valence-corrected chi connectivity index (χ4v) is 2.71. The zero-order valence-corrected chi connectivity index (χ0v) is 13.6. The Morgan fingerprint density at radius 3 is 2.61 bits per heavy atom. The lowest BCUT2D eigenvalue weighted by Gasteiger charge is -2.08. The Bertz CT molecular complexity index is 603. The van der Waals surface area contributed by atoms with Crippen molar-refractivity contribution < 1.29 is 4.79 Å². The van der Waals surface area contributed by atoms with Crippen LogP contribution in [0.15, 0.2) is 46.9 Å². The SMILES string of the molecule is O=C(Nc1ccccc1I)c1ccc(Br)cc1Cl. The highest BCUT2D eigenvalue weighted by Crippen LogP contribution is 2.23. The Hall–Kier alpha value is -0.590. The first-order chi connectivity index (χ1) is 8.58. The van der Waals surface area contributed by atoms with Gasteiger partial charge in [0.1, 0.15) is 0 Å². The number of halogens is 3. The van der Waals surface area contributed by atoms with Gasteiger partial charge in [0.05, 0.1) is 16.3 Å². The molecular weight excluding hydrogens is 428 g/mol. The minimum absolute atomic E-state index is 0.211. The summed E-state index contributed by atoms with van der Waals surface area (Å²) in [5.41, 5.74) is 1.24. The smallest absolute Gasteiger partial charge is 0.257 e. The van der Waals surface area contributed by atoms with Gasteiger partial charge in [-0.3, -0.25) is 4.79 Å². The molecule has 0 aliphatic heterocycles. The number of para-hydroxylation sites is 1. The van der Waals surface area contributed by atoms with Crippen molar-refractivity contribution in [3.63, 3.8) is 0 Å². The van der Waals surface area contributed by atoms with Crippen LogP contribution in [0.5, 0.6) is 0 Å². The van der Waals surface area contributed by atoms with Gasteiger partial charge < -0.3 is 5.32 Å². The number of hydrogen-bond acceptors (Lipinski definition) is 1. The molecule has 18 heavy (non-hydrogen) atoms. The summed E-state index contributed by atoms with van der Waals surface area (Å²) < 4.78 is 1.83. The van der Waals surface area contributed by atoms with E-state index in [9.17, 15) is 4.79 Å². The molecule has 2 aromatic rings. The molecule has 5 heteroatoms. The molecule has 0 fully saturated rings. The summed E-state index contributed by atoms with van der Waals surface area (Å²) in [5, 5.41) is 3.26. The van der Waals surface area contributed by atoms with Gasteiger partial charge >= 0.3 is 0 Å². The fourth-order valence-electron chi connectivity index (χ4n) is 1.43. The van der Waals surface area contributed by atoms with Crippen LogP contribution in [0.4, 0.5) is 5.69 Å². The van der Waals surface area contributed by atoms with Gasteiger partial charge in [0.15, 0.2) is 0 Å². The third-order valence-corrected chi connectivity index (χ3v) is 4.04. The quantitative estimate of drug-likeness (QED) is 0.663. The van der Waals surface area contributed by atoms with Crippen LogP contribution in [0.1, 0.15) is 10.4 Å². The van der Waals surface area contributed by atoms with Crippen LogP contribution in [-0.4, -0.2) is 5.91 Å². The van der Waals surface area contributed by atoms with E-state index in [2.05, 4.69) is 43.8 Å². The summed E-state index contributed by atoms with van der Waals surface area (Å²) >= 11 is 11.5. The Morgan fingerprint density at radius 2 is 1.94 bits per heavy atom. The minimum atomic E-state index is -0.211. The maximum absolute atomic E-state index is 12.1. The lowest BCUT2D eigenvalue weighted by atomic mass is 10.2. The molecule has 0 aromatic heterocycles. The van der Waals surface area contributed by atoms with Crippen LogP contribution < -0.4 is 5.32 Å². The first-order valence-electron chi connectivity index (χ1n) is 5.09. The molecule has 0 saturated carbocycles. The number of carbonyl (C=O) groups is 1. The van der Waals surface area contributed by atoms with E-state index in [0.29, 0.717) is 10.6 Å². The number of rotatable bonds is 2. The number of hydrogen-bond donors (Lipinski definition) is 1. The Morgan fingerprint density at radius 1 is 1.22 bits per heavy atom. The minimum Gasteiger partial charge on any atom is -0.321 e. The summed E-state index contributed by atoms with van der Waals surface area (Å²) in [4.78, 5) is 12.1. The third-order valence-electron chi connectivity index (χ3n) is 2.30. The summed E-state index contributed by atoms with van der Waals surface area (Å²) in [5.74, 6) is -0.211. The first kappa shape index (κ1) is 13.8. The lowest BCUT2D eigenvalue weighted by molar-refractivity contribution is 0.102. The molecule has 0 unspecified atom stereocenters. The van der Waals surface area contributed by atoms with Crippen molar-refractivity contribution in [2.75, 3.05) is 5.32 Å². The predicted octanol–water partition coefficient (Wildman–Crippen LogP) is 4.96. The number of carbonyl (C=O) groups excluding carboxylic acids is 1. The number of anilines is 1. The topological polar surface area (TPSA) is 29.1 Å². The average molecular weight is 436 g/mol. The molecule has 0 bridgehead atoms. The van der Waals surface area contributed by atoms with Crippen molar-refractivity contribution in [2.45, 2.75) is 0 Å². The molecular formula is C13H8BrClINO. The van der Waals surface area contributed by atoms with Crippen molar-refractivity contribution in [1.29, 1.82) is 0 Å². The van der Waals surface area contributed by atoms with E-state index < -0.39 is 0 Å². The van der Waals surface area contributed by atoms with Crippen molar-refractivity contribution >= 4 is 61.7 Å². The van der Waals surface area contributed by atoms with Crippen molar-refractivity contribution in [1.82, 2.24) is 0 Å². The van der Waals surface area contributed by atoms with E-state index in [4.69, 9.17) is 11.6 Å². The normalized spacial score (nSPS) is 10.2. The van der Waals surface area contributed by atoms with Gasteiger partial charge in [0.25, 0.3) is 5.91 Å². The van der Waals surface area contributed by atoms with Crippen LogP contribution in [0.3, 0.4) is 0 Å². The highest BCUT2D eigenvalue weighted by molar-refractivity contribution is 14.1. The van der Waals surface area contributed by atoms with Crippen molar-refractivity contribution in [2.24, 2.45) is 0 Å². The molecule has 0 radical (unpaired) electrons. The monoisotopic (exact) mass is 435 g/mol. The van der Waals surface area contributed by atoms with Gasteiger partial charge in [-0.15, -0.1) is 0 Å². The van der Waals surface area contributed by atoms with Crippen LogP contribution >= 0.6 is 50.1 Å². The first-order valence-corrected chi connectivity index (χ1v) is 7.34. The van der Waals surface area contributed by atoms with Gasteiger partial charge in [-0.25, -0.2) is 0 Å². The van der Waals surface area contributed by atoms with E-state index in [-0.39, 0.29) is 5.91 Å². The molecule has 1 N–H and O–H groups in total.